The van der Waals surface area contributed by atoms with Crippen LogP contribution in [0.3, 0.4) is 0 Å². The summed E-state index contributed by atoms with van der Waals surface area (Å²) in [6.45, 7) is 5.52. The van der Waals surface area contributed by atoms with Gasteiger partial charge in [-0.05, 0) is 38.0 Å². The maximum Gasteiger partial charge on any atom is 0.409 e. The Kier molecular flexibility index (Phi) is 5.75. The van der Waals surface area contributed by atoms with Crippen molar-refractivity contribution in [3.8, 4) is 0 Å². The average Bonchev–Trinajstić information content (AvgIpc) is 3.22. The van der Waals surface area contributed by atoms with Crippen molar-refractivity contribution < 1.29 is 19.1 Å². The van der Waals surface area contributed by atoms with Crippen molar-refractivity contribution in [1.82, 2.24) is 14.7 Å². The topological polar surface area (TPSA) is 70.2 Å². The second kappa shape index (κ2) is 8.21. The quantitative estimate of drug-likeness (QED) is 0.826. The predicted molar refractivity (Wildman–Crippen MR) is 96.1 cm³/mol. The van der Waals surface area contributed by atoms with Crippen molar-refractivity contribution in [3.05, 3.63) is 35.4 Å². The third-order valence-corrected chi connectivity index (χ3v) is 4.84. The first-order valence-electron chi connectivity index (χ1n) is 9.20. The number of likely N-dealkylation sites (tertiary alicyclic amines) is 1. The second-order valence-electron chi connectivity index (χ2n) is 6.56. The van der Waals surface area contributed by atoms with E-state index in [1.54, 1.807) is 41.0 Å². The van der Waals surface area contributed by atoms with E-state index in [0.717, 1.165) is 25.9 Å². The van der Waals surface area contributed by atoms with E-state index in [9.17, 15) is 14.4 Å². The fourth-order valence-electron chi connectivity index (χ4n) is 3.38. The number of rotatable bonds is 3. The molecule has 0 spiro atoms. The molecule has 2 aliphatic heterocycles. The van der Waals surface area contributed by atoms with Crippen LogP contribution in [0.15, 0.2) is 24.3 Å². The molecule has 2 heterocycles. The highest BCUT2D eigenvalue weighted by Gasteiger charge is 2.26. The molecule has 0 aromatic heterocycles. The van der Waals surface area contributed by atoms with Gasteiger partial charge in [-0.2, -0.15) is 0 Å². The molecule has 7 nitrogen and oxygen atoms in total. The van der Waals surface area contributed by atoms with Crippen molar-refractivity contribution in [2.24, 2.45) is 0 Å². The van der Waals surface area contributed by atoms with Gasteiger partial charge in [-0.1, -0.05) is 6.07 Å². The predicted octanol–water partition coefficient (Wildman–Crippen LogP) is 1.84. The number of nitrogens with zero attached hydrogens (tertiary/aromatic N) is 3. The van der Waals surface area contributed by atoms with Crippen LogP contribution in [0.1, 0.15) is 40.5 Å². The van der Waals surface area contributed by atoms with E-state index in [-0.39, 0.29) is 17.9 Å². The van der Waals surface area contributed by atoms with E-state index < -0.39 is 0 Å². The Balaban J connectivity index is 1.62. The van der Waals surface area contributed by atoms with Gasteiger partial charge in [0.15, 0.2) is 0 Å². The Morgan fingerprint density at radius 1 is 0.846 bits per heavy atom. The normalized spacial score (nSPS) is 17.3. The summed E-state index contributed by atoms with van der Waals surface area (Å²) in [6.07, 6.45) is 1.74. The monoisotopic (exact) mass is 359 g/mol. The van der Waals surface area contributed by atoms with Crippen molar-refractivity contribution in [1.29, 1.82) is 0 Å². The molecule has 0 saturated carbocycles. The molecule has 3 amide bonds. The SMILES string of the molecule is CCOC(=O)N1CCN(C(=O)c2cccc(C(=O)N3CCCC3)c2)CC1. The molecular formula is C19H25N3O4. The van der Waals surface area contributed by atoms with Gasteiger partial charge in [0.1, 0.15) is 0 Å². The molecule has 0 bridgehead atoms. The number of carbonyl (C=O) groups excluding carboxylic acids is 3. The summed E-state index contributed by atoms with van der Waals surface area (Å²) in [5.74, 6) is -0.117. The summed E-state index contributed by atoms with van der Waals surface area (Å²) >= 11 is 0. The zero-order valence-electron chi connectivity index (χ0n) is 15.1. The molecule has 7 heteroatoms. The zero-order valence-corrected chi connectivity index (χ0v) is 15.1. The number of hydrogen-bond donors (Lipinski definition) is 0. The number of hydrogen-bond acceptors (Lipinski definition) is 4. The standard InChI is InChI=1S/C19H25N3O4/c1-2-26-19(25)22-12-10-21(11-13-22)18(24)16-7-5-6-15(14-16)17(23)20-8-3-4-9-20/h5-7,14H,2-4,8-13H2,1H3. The molecule has 2 aliphatic rings. The van der Waals surface area contributed by atoms with Crippen LogP contribution >= 0.6 is 0 Å². The van der Waals surface area contributed by atoms with Crippen molar-refractivity contribution in [2.75, 3.05) is 45.9 Å². The summed E-state index contributed by atoms with van der Waals surface area (Å²) in [6, 6.07) is 6.93. The maximum absolute atomic E-state index is 12.8. The third-order valence-electron chi connectivity index (χ3n) is 4.84. The van der Waals surface area contributed by atoms with Crippen molar-refractivity contribution in [2.45, 2.75) is 19.8 Å². The van der Waals surface area contributed by atoms with Crippen molar-refractivity contribution in [3.63, 3.8) is 0 Å². The zero-order chi connectivity index (χ0) is 18.5. The van der Waals surface area contributed by atoms with E-state index in [0.29, 0.717) is 43.9 Å². The molecule has 2 saturated heterocycles. The molecule has 1 aromatic carbocycles. The molecule has 1 aromatic rings. The van der Waals surface area contributed by atoms with Gasteiger partial charge in [0.25, 0.3) is 11.8 Å². The minimum atomic E-state index is -0.335. The van der Waals surface area contributed by atoms with Crippen LogP contribution in [0.2, 0.25) is 0 Å². The molecule has 0 N–H and O–H groups in total. The van der Waals surface area contributed by atoms with Gasteiger partial charge < -0.3 is 19.4 Å². The Hall–Kier alpha value is -2.57. The molecule has 0 aliphatic carbocycles. The summed E-state index contributed by atoms with van der Waals surface area (Å²) in [5.41, 5.74) is 1.07. The summed E-state index contributed by atoms with van der Waals surface area (Å²) in [7, 11) is 0. The van der Waals surface area contributed by atoms with Crippen LogP contribution in [0.25, 0.3) is 0 Å². The van der Waals surface area contributed by atoms with Gasteiger partial charge in [0.05, 0.1) is 6.61 Å². The van der Waals surface area contributed by atoms with E-state index in [1.165, 1.54) is 0 Å². The molecule has 26 heavy (non-hydrogen) atoms. The largest absolute Gasteiger partial charge is 0.450 e. The van der Waals surface area contributed by atoms with Gasteiger partial charge in [-0.3, -0.25) is 9.59 Å². The summed E-state index contributed by atoms with van der Waals surface area (Å²) in [5, 5.41) is 0. The fourth-order valence-corrected chi connectivity index (χ4v) is 3.38. The highest BCUT2D eigenvalue weighted by atomic mass is 16.6. The maximum atomic E-state index is 12.8. The van der Waals surface area contributed by atoms with Crippen molar-refractivity contribution >= 4 is 17.9 Å². The highest BCUT2D eigenvalue weighted by molar-refractivity contribution is 5.99. The van der Waals surface area contributed by atoms with Crippen LogP contribution in [0, 0.1) is 0 Å². The minimum Gasteiger partial charge on any atom is -0.450 e. The third kappa shape index (κ3) is 3.98. The van der Waals surface area contributed by atoms with Crippen LogP contribution < -0.4 is 0 Å². The van der Waals surface area contributed by atoms with E-state index in [1.807, 2.05) is 4.90 Å². The lowest BCUT2D eigenvalue weighted by Gasteiger charge is -2.34. The van der Waals surface area contributed by atoms with Gasteiger partial charge in [-0.15, -0.1) is 0 Å². The lowest BCUT2D eigenvalue weighted by molar-refractivity contribution is 0.0570. The Morgan fingerprint density at radius 3 is 1.88 bits per heavy atom. The lowest BCUT2D eigenvalue weighted by Crippen LogP contribution is -2.50. The first kappa shape index (κ1) is 18.2. The van der Waals surface area contributed by atoms with E-state index in [2.05, 4.69) is 0 Å². The molecule has 140 valence electrons. The van der Waals surface area contributed by atoms with Gasteiger partial charge in [0, 0.05) is 50.4 Å². The molecule has 2 fully saturated rings. The number of benzene rings is 1. The van der Waals surface area contributed by atoms with Gasteiger partial charge >= 0.3 is 6.09 Å². The van der Waals surface area contributed by atoms with E-state index in [4.69, 9.17) is 4.74 Å². The number of amides is 3. The summed E-state index contributed by atoms with van der Waals surface area (Å²) in [4.78, 5) is 42.2. The first-order valence-corrected chi connectivity index (χ1v) is 9.20. The number of ether oxygens (including phenoxy) is 1. The molecule has 0 unspecified atom stereocenters. The molecular weight excluding hydrogens is 334 g/mol. The first-order chi connectivity index (χ1) is 12.6. The Bertz CT molecular complexity index is 677. The molecule has 3 rings (SSSR count). The average molecular weight is 359 g/mol. The van der Waals surface area contributed by atoms with Crippen LogP contribution in [-0.4, -0.2) is 78.5 Å². The smallest absolute Gasteiger partial charge is 0.409 e. The molecule has 0 radical (unpaired) electrons. The lowest BCUT2D eigenvalue weighted by atomic mass is 10.1. The number of piperazine rings is 1. The fraction of sp³-hybridized carbons (Fsp3) is 0.526. The Labute approximate surface area is 153 Å². The highest BCUT2D eigenvalue weighted by Crippen LogP contribution is 2.16. The second-order valence-corrected chi connectivity index (χ2v) is 6.56. The Morgan fingerprint density at radius 2 is 1.35 bits per heavy atom. The molecule has 0 atom stereocenters. The summed E-state index contributed by atoms with van der Waals surface area (Å²) < 4.78 is 4.99. The van der Waals surface area contributed by atoms with Crippen LogP contribution in [0.4, 0.5) is 4.79 Å². The van der Waals surface area contributed by atoms with Crippen LogP contribution in [-0.2, 0) is 4.74 Å². The number of carbonyl (C=O) groups is 3. The van der Waals surface area contributed by atoms with Gasteiger partial charge in [-0.25, -0.2) is 4.79 Å². The minimum absolute atomic E-state index is 0.00993. The van der Waals surface area contributed by atoms with Crippen LogP contribution in [0.5, 0.6) is 0 Å². The van der Waals surface area contributed by atoms with E-state index >= 15 is 0 Å². The van der Waals surface area contributed by atoms with Gasteiger partial charge in [0.2, 0.25) is 0 Å².